The third-order valence-corrected chi connectivity index (χ3v) is 10.4. The second kappa shape index (κ2) is 29.8. The molecule has 272 valence electrons. The molecular formula is C45H80O2. The topological polar surface area (TPSA) is 18.5 Å². The number of rotatable bonds is 32. The molecule has 0 N–H and O–H groups in total. The fraction of sp³-hybridized carbons (Fsp3) is 0.822. The molecule has 0 unspecified atom stereocenters. The third kappa shape index (κ3) is 22.3. The Kier molecular flexibility index (Phi) is 26.6. The Balaban J connectivity index is 1.47. The molecule has 1 saturated carbocycles. The lowest BCUT2D eigenvalue weighted by Crippen LogP contribution is -2.32. The zero-order valence-electron chi connectivity index (χ0n) is 31.9. The Hall–Kier alpha value is -1.12. The molecule has 2 rings (SSSR count). The summed E-state index contributed by atoms with van der Waals surface area (Å²) in [5.74, 6) is 0.479. The van der Waals surface area contributed by atoms with E-state index in [-0.39, 0.29) is 5.79 Å². The molecule has 2 fully saturated rings. The molecule has 0 spiro atoms. The van der Waals surface area contributed by atoms with Gasteiger partial charge in [0.1, 0.15) is 0 Å². The molecule has 0 aromatic rings. The maximum absolute atomic E-state index is 6.76. The molecule has 2 aliphatic rings. The van der Waals surface area contributed by atoms with Crippen molar-refractivity contribution in [2.75, 3.05) is 0 Å². The van der Waals surface area contributed by atoms with Gasteiger partial charge in [-0.05, 0) is 95.8 Å². The summed E-state index contributed by atoms with van der Waals surface area (Å²) in [5, 5.41) is 0. The van der Waals surface area contributed by atoms with Gasteiger partial charge in [-0.1, -0.05) is 159 Å². The van der Waals surface area contributed by atoms with Crippen LogP contribution in [0.15, 0.2) is 48.6 Å². The summed E-state index contributed by atoms with van der Waals surface area (Å²) in [6.45, 7) is 6.91. The van der Waals surface area contributed by atoms with Crippen LogP contribution in [0.5, 0.6) is 0 Å². The zero-order valence-corrected chi connectivity index (χ0v) is 31.9. The first kappa shape index (κ1) is 42.0. The molecule has 0 bridgehead atoms. The molecule has 0 aromatic heterocycles. The highest BCUT2D eigenvalue weighted by atomic mass is 16.8. The van der Waals surface area contributed by atoms with Gasteiger partial charge < -0.3 is 9.47 Å². The number of hydrogen-bond acceptors (Lipinski definition) is 2. The van der Waals surface area contributed by atoms with E-state index in [2.05, 4.69) is 69.4 Å². The SMILES string of the molecule is CCCCC/C=C\C/C=C\CCCCCCCCCC1(CCCCCCCCC/C=C\C/C=C\CCCCC)O[C@H]2C[C@@H](C)C[C@H]2O1. The maximum atomic E-state index is 6.76. The maximum Gasteiger partial charge on any atom is 0.169 e. The lowest BCUT2D eigenvalue weighted by Gasteiger charge is -2.30. The first-order valence-electron chi connectivity index (χ1n) is 21.1. The zero-order chi connectivity index (χ0) is 33.5. The van der Waals surface area contributed by atoms with Crippen molar-refractivity contribution in [2.45, 2.75) is 231 Å². The van der Waals surface area contributed by atoms with Gasteiger partial charge in [0.05, 0.1) is 12.2 Å². The number of allylic oxidation sites excluding steroid dienone is 8. The van der Waals surface area contributed by atoms with Crippen LogP contribution in [0.1, 0.15) is 213 Å². The largest absolute Gasteiger partial charge is 0.344 e. The van der Waals surface area contributed by atoms with E-state index in [1.807, 2.05) is 0 Å². The summed E-state index contributed by atoms with van der Waals surface area (Å²) >= 11 is 0. The smallest absolute Gasteiger partial charge is 0.169 e. The molecule has 3 atom stereocenters. The average molecular weight is 653 g/mol. The second-order valence-electron chi connectivity index (χ2n) is 15.2. The van der Waals surface area contributed by atoms with Gasteiger partial charge in [0, 0.05) is 12.8 Å². The van der Waals surface area contributed by atoms with E-state index in [0.717, 1.165) is 31.6 Å². The van der Waals surface area contributed by atoms with E-state index in [0.29, 0.717) is 12.2 Å². The first-order valence-corrected chi connectivity index (χ1v) is 21.1. The molecule has 0 aromatic carbocycles. The van der Waals surface area contributed by atoms with Crippen LogP contribution in [0.25, 0.3) is 0 Å². The van der Waals surface area contributed by atoms with E-state index in [4.69, 9.17) is 9.47 Å². The third-order valence-electron chi connectivity index (χ3n) is 10.4. The van der Waals surface area contributed by atoms with E-state index in [9.17, 15) is 0 Å². The minimum absolute atomic E-state index is 0.274. The van der Waals surface area contributed by atoms with Crippen LogP contribution < -0.4 is 0 Å². The first-order chi connectivity index (χ1) is 23.2. The Morgan fingerprint density at radius 2 is 0.745 bits per heavy atom. The fourth-order valence-electron chi connectivity index (χ4n) is 7.50. The molecule has 0 amide bonds. The normalized spacial score (nSPS) is 21.0. The number of hydrogen-bond donors (Lipinski definition) is 0. The Labute approximate surface area is 294 Å². The molecule has 0 radical (unpaired) electrons. The van der Waals surface area contributed by atoms with Crippen LogP contribution in [-0.4, -0.2) is 18.0 Å². The van der Waals surface area contributed by atoms with Crippen molar-refractivity contribution in [3.05, 3.63) is 48.6 Å². The van der Waals surface area contributed by atoms with Crippen molar-refractivity contribution in [1.29, 1.82) is 0 Å². The van der Waals surface area contributed by atoms with E-state index in [1.54, 1.807) is 0 Å². The Bertz CT molecular complexity index is 741. The van der Waals surface area contributed by atoms with Gasteiger partial charge in [0.2, 0.25) is 0 Å². The van der Waals surface area contributed by atoms with Crippen molar-refractivity contribution in [2.24, 2.45) is 5.92 Å². The minimum atomic E-state index is -0.274. The molecule has 1 aliphatic carbocycles. The highest BCUT2D eigenvalue weighted by Gasteiger charge is 2.50. The highest BCUT2D eigenvalue weighted by molar-refractivity contribution is 4.94. The monoisotopic (exact) mass is 653 g/mol. The van der Waals surface area contributed by atoms with Gasteiger partial charge in [-0.15, -0.1) is 0 Å². The van der Waals surface area contributed by atoms with Crippen LogP contribution in [0.2, 0.25) is 0 Å². The van der Waals surface area contributed by atoms with Crippen LogP contribution in [0, 0.1) is 5.92 Å². The van der Waals surface area contributed by atoms with Crippen LogP contribution >= 0.6 is 0 Å². The summed E-state index contributed by atoms with van der Waals surface area (Å²) in [4.78, 5) is 0. The van der Waals surface area contributed by atoms with Gasteiger partial charge in [-0.2, -0.15) is 0 Å². The summed E-state index contributed by atoms with van der Waals surface area (Å²) in [6, 6.07) is 0. The fourth-order valence-corrected chi connectivity index (χ4v) is 7.50. The number of unbranched alkanes of at least 4 members (excludes halogenated alkanes) is 20. The lowest BCUT2D eigenvalue weighted by atomic mass is 9.98. The van der Waals surface area contributed by atoms with Crippen molar-refractivity contribution in [3.8, 4) is 0 Å². The minimum Gasteiger partial charge on any atom is -0.344 e. The summed E-state index contributed by atoms with van der Waals surface area (Å²) in [7, 11) is 0. The molecule has 1 heterocycles. The van der Waals surface area contributed by atoms with Crippen molar-refractivity contribution >= 4 is 0 Å². The van der Waals surface area contributed by atoms with Gasteiger partial charge >= 0.3 is 0 Å². The predicted octanol–water partition coefficient (Wildman–Crippen LogP) is 15.1. The van der Waals surface area contributed by atoms with Gasteiger partial charge in [0.25, 0.3) is 0 Å². The summed E-state index contributed by atoms with van der Waals surface area (Å²) in [6.07, 6.45) is 58.3. The Morgan fingerprint density at radius 3 is 1.11 bits per heavy atom. The molecular weight excluding hydrogens is 572 g/mol. The molecule has 47 heavy (non-hydrogen) atoms. The average Bonchev–Trinajstić information content (AvgIpc) is 3.57. The molecule has 2 nitrogen and oxygen atoms in total. The highest BCUT2D eigenvalue weighted by Crippen LogP contribution is 2.45. The van der Waals surface area contributed by atoms with Crippen molar-refractivity contribution in [1.82, 2.24) is 0 Å². The van der Waals surface area contributed by atoms with Crippen LogP contribution in [-0.2, 0) is 9.47 Å². The number of ether oxygens (including phenoxy) is 2. The van der Waals surface area contributed by atoms with Crippen molar-refractivity contribution < 1.29 is 9.47 Å². The quantitative estimate of drug-likeness (QED) is 0.0532. The summed E-state index contributed by atoms with van der Waals surface area (Å²) < 4.78 is 13.5. The lowest BCUT2D eigenvalue weighted by molar-refractivity contribution is -0.192. The summed E-state index contributed by atoms with van der Waals surface area (Å²) in [5.41, 5.74) is 0. The Morgan fingerprint density at radius 1 is 0.426 bits per heavy atom. The van der Waals surface area contributed by atoms with Crippen LogP contribution in [0.4, 0.5) is 0 Å². The molecule has 2 heteroatoms. The predicted molar refractivity (Wildman–Crippen MR) is 208 cm³/mol. The second-order valence-corrected chi connectivity index (χ2v) is 15.2. The van der Waals surface area contributed by atoms with E-state index in [1.165, 1.54) is 167 Å². The van der Waals surface area contributed by atoms with Gasteiger partial charge in [-0.25, -0.2) is 0 Å². The van der Waals surface area contributed by atoms with Crippen molar-refractivity contribution in [3.63, 3.8) is 0 Å². The van der Waals surface area contributed by atoms with Gasteiger partial charge in [0.15, 0.2) is 5.79 Å². The standard InChI is InChI=1S/C45H80O2/c1-4-6-8-10-12-14-16-18-20-22-24-26-28-30-32-34-36-38-45(46-43-40-42(3)41-44(43)47-45)39-37-35-33-31-29-27-25-23-21-19-17-15-13-11-9-7-5-2/h12-15,18-21,42-44H,4-11,16-17,22-41H2,1-3H3/b14-12-,15-13-,20-18-,21-19-/t42-,43+,44-. The van der Waals surface area contributed by atoms with E-state index >= 15 is 0 Å². The number of fused-ring (bicyclic) bond motifs is 1. The van der Waals surface area contributed by atoms with Crippen LogP contribution in [0.3, 0.4) is 0 Å². The molecule has 1 saturated heterocycles. The molecule has 1 aliphatic heterocycles. The van der Waals surface area contributed by atoms with E-state index < -0.39 is 0 Å². The van der Waals surface area contributed by atoms with Gasteiger partial charge in [-0.3, -0.25) is 0 Å².